The van der Waals surface area contributed by atoms with Crippen LogP contribution in [0, 0.1) is 11.8 Å². The van der Waals surface area contributed by atoms with Gasteiger partial charge >= 0.3 is 5.97 Å². The highest BCUT2D eigenvalue weighted by Gasteiger charge is 2.68. The molecule has 4 unspecified atom stereocenters. The van der Waals surface area contributed by atoms with Gasteiger partial charge in [0.25, 0.3) is 0 Å². The maximum Gasteiger partial charge on any atom is 0.347 e. The molecular weight excluding hydrogens is 350 g/mol. The molecule has 2 bridgehead atoms. The zero-order chi connectivity index (χ0) is 19.5. The lowest BCUT2D eigenvalue weighted by Gasteiger charge is -2.46. The number of ether oxygens (including phenoxy) is 1. The van der Waals surface area contributed by atoms with Crippen LogP contribution in [0.3, 0.4) is 0 Å². The average molecular weight is 378 g/mol. The van der Waals surface area contributed by atoms with Gasteiger partial charge in [-0.25, -0.2) is 4.79 Å². The molecule has 2 aromatic carbocycles. The molecule has 2 aliphatic heterocycles. The molecule has 28 heavy (non-hydrogen) atoms. The first kappa shape index (κ1) is 17.9. The van der Waals surface area contributed by atoms with E-state index in [0.29, 0.717) is 23.2 Å². The van der Waals surface area contributed by atoms with Crippen LogP contribution in [0.1, 0.15) is 30.4 Å². The number of rotatable bonds is 4. The van der Waals surface area contributed by atoms with Gasteiger partial charge in [-0.05, 0) is 17.5 Å². The maximum atomic E-state index is 13.3. The first-order valence-electron chi connectivity index (χ1n) is 10.3. The first-order chi connectivity index (χ1) is 13.4. The van der Waals surface area contributed by atoms with Crippen molar-refractivity contribution >= 4 is 5.97 Å². The van der Waals surface area contributed by atoms with E-state index in [9.17, 15) is 9.90 Å². The van der Waals surface area contributed by atoms with E-state index < -0.39 is 11.6 Å². The SMILES string of the molecule is C[N+]1(C)C2CC(OC(=O)C(O)(c3ccccc3)c3ccccc3)CC1[C@H]1CC21. The third-order valence-corrected chi connectivity index (χ3v) is 7.55. The molecule has 2 aromatic rings. The third kappa shape index (κ3) is 2.55. The van der Waals surface area contributed by atoms with Crippen LogP contribution in [0.4, 0.5) is 0 Å². The molecule has 5 rings (SSSR count). The largest absolute Gasteiger partial charge is 0.459 e. The van der Waals surface area contributed by atoms with Crippen LogP contribution in [0.2, 0.25) is 0 Å². The normalized spacial score (nSPS) is 32.5. The summed E-state index contributed by atoms with van der Waals surface area (Å²) in [7, 11) is 4.65. The molecule has 0 radical (unpaired) electrons. The number of carbonyl (C=O) groups excluding carboxylic acids is 1. The van der Waals surface area contributed by atoms with Crippen LogP contribution in [-0.2, 0) is 15.1 Å². The van der Waals surface area contributed by atoms with Crippen molar-refractivity contribution in [2.75, 3.05) is 14.1 Å². The van der Waals surface area contributed by atoms with Gasteiger partial charge in [-0.3, -0.25) is 0 Å². The van der Waals surface area contributed by atoms with Crippen LogP contribution in [0.25, 0.3) is 0 Å². The van der Waals surface area contributed by atoms with Crippen molar-refractivity contribution in [3.8, 4) is 0 Å². The Kier molecular flexibility index (Phi) is 3.94. The highest BCUT2D eigenvalue weighted by molar-refractivity contribution is 5.85. The van der Waals surface area contributed by atoms with E-state index >= 15 is 0 Å². The van der Waals surface area contributed by atoms with Gasteiger partial charge in [0.1, 0.15) is 6.10 Å². The van der Waals surface area contributed by atoms with Gasteiger partial charge in [-0.15, -0.1) is 0 Å². The Morgan fingerprint density at radius 2 is 1.36 bits per heavy atom. The minimum absolute atomic E-state index is 0.111. The van der Waals surface area contributed by atoms with Gasteiger partial charge in [0.15, 0.2) is 0 Å². The standard InChI is InChI=1S/C24H28NO3/c1-25(2)21-13-18(14-22(25)20-15-19(20)21)28-23(26)24(27,16-9-5-3-6-10-16)17-11-7-4-8-12-17/h3-12,18-22,27H,13-15H2,1-2H3/q+1/t18?,19-,20?,21?,22?/m0/s1. The van der Waals surface area contributed by atoms with Crippen LogP contribution < -0.4 is 0 Å². The average Bonchev–Trinajstić information content (AvgIpc) is 3.47. The van der Waals surface area contributed by atoms with E-state index in [1.165, 1.54) is 6.42 Å². The third-order valence-electron chi connectivity index (χ3n) is 7.55. The molecule has 4 heteroatoms. The molecule has 146 valence electrons. The molecule has 1 saturated carbocycles. The number of hydrogen-bond donors (Lipinski definition) is 1. The summed E-state index contributed by atoms with van der Waals surface area (Å²) < 4.78 is 7.07. The van der Waals surface area contributed by atoms with E-state index in [4.69, 9.17) is 4.74 Å². The fourth-order valence-corrected chi connectivity index (χ4v) is 5.98. The second-order valence-electron chi connectivity index (χ2n) is 9.27. The van der Waals surface area contributed by atoms with Gasteiger partial charge in [-0.2, -0.15) is 0 Å². The summed E-state index contributed by atoms with van der Waals surface area (Å²) >= 11 is 0. The van der Waals surface area contributed by atoms with Crippen molar-refractivity contribution in [3.05, 3.63) is 71.8 Å². The zero-order valence-corrected chi connectivity index (χ0v) is 16.5. The number of fused-ring (bicyclic) bond motifs is 5. The minimum atomic E-state index is -1.79. The molecule has 0 amide bonds. The van der Waals surface area contributed by atoms with Crippen molar-refractivity contribution in [2.24, 2.45) is 11.8 Å². The van der Waals surface area contributed by atoms with Crippen LogP contribution >= 0.6 is 0 Å². The Labute approximate surface area is 166 Å². The van der Waals surface area contributed by atoms with Gasteiger partial charge < -0.3 is 14.3 Å². The van der Waals surface area contributed by atoms with E-state index in [-0.39, 0.29) is 6.10 Å². The molecule has 3 aliphatic rings. The van der Waals surface area contributed by atoms with Crippen molar-refractivity contribution < 1.29 is 19.1 Å². The number of piperidine rings is 2. The summed E-state index contributed by atoms with van der Waals surface area (Å²) in [4.78, 5) is 13.3. The Morgan fingerprint density at radius 1 is 0.893 bits per heavy atom. The molecule has 4 nitrogen and oxygen atoms in total. The molecule has 3 fully saturated rings. The molecule has 2 heterocycles. The number of nitrogens with zero attached hydrogens (tertiary/aromatic N) is 1. The zero-order valence-electron chi connectivity index (χ0n) is 16.5. The first-order valence-corrected chi connectivity index (χ1v) is 10.3. The Hall–Kier alpha value is -2.17. The number of quaternary nitrogens is 1. The summed E-state index contributed by atoms with van der Waals surface area (Å²) in [5, 5.41) is 11.6. The van der Waals surface area contributed by atoms with Crippen molar-refractivity contribution in [1.29, 1.82) is 0 Å². The molecule has 1 N–H and O–H groups in total. The minimum Gasteiger partial charge on any atom is -0.459 e. The highest BCUT2D eigenvalue weighted by Crippen LogP contribution is 2.61. The molecule has 0 spiro atoms. The van der Waals surface area contributed by atoms with Crippen LogP contribution in [-0.4, -0.2) is 47.8 Å². The van der Waals surface area contributed by atoms with Gasteiger partial charge in [0.05, 0.1) is 26.2 Å². The second-order valence-corrected chi connectivity index (χ2v) is 9.27. The molecule has 1 aliphatic carbocycles. The predicted octanol–water partition coefficient (Wildman–Crippen LogP) is 3.09. The van der Waals surface area contributed by atoms with E-state index in [1.54, 1.807) is 24.3 Å². The predicted molar refractivity (Wildman–Crippen MR) is 106 cm³/mol. The molecule has 5 atom stereocenters. The summed E-state index contributed by atoms with van der Waals surface area (Å²) in [6, 6.07) is 19.4. The smallest absolute Gasteiger partial charge is 0.347 e. The lowest BCUT2D eigenvalue weighted by atomic mass is 9.86. The number of esters is 1. The number of hydrogen-bond acceptors (Lipinski definition) is 3. The van der Waals surface area contributed by atoms with Crippen molar-refractivity contribution in [2.45, 2.75) is 43.1 Å². The monoisotopic (exact) mass is 378 g/mol. The topological polar surface area (TPSA) is 46.5 Å². The van der Waals surface area contributed by atoms with Crippen molar-refractivity contribution in [3.63, 3.8) is 0 Å². The molecule has 2 saturated heterocycles. The van der Waals surface area contributed by atoms with E-state index in [1.807, 2.05) is 36.4 Å². The summed E-state index contributed by atoms with van der Waals surface area (Å²) in [6.45, 7) is 0. The molecule has 0 aromatic heterocycles. The quantitative estimate of drug-likeness (QED) is 0.657. The Morgan fingerprint density at radius 3 is 1.82 bits per heavy atom. The summed E-state index contributed by atoms with van der Waals surface area (Å²) in [5.74, 6) is 1.03. The summed E-state index contributed by atoms with van der Waals surface area (Å²) in [5.41, 5.74) is -0.695. The fraction of sp³-hybridized carbons (Fsp3) is 0.458. The van der Waals surface area contributed by atoms with E-state index in [0.717, 1.165) is 29.2 Å². The number of benzene rings is 2. The van der Waals surface area contributed by atoms with Crippen molar-refractivity contribution in [1.82, 2.24) is 0 Å². The van der Waals surface area contributed by atoms with Crippen LogP contribution in [0.5, 0.6) is 0 Å². The van der Waals surface area contributed by atoms with Gasteiger partial charge in [0.2, 0.25) is 5.60 Å². The number of carbonyl (C=O) groups is 1. The Balaban J connectivity index is 1.42. The lowest BCUT2D eigenvalue weighted by molar-refractivity contribution is -0.937. The van der Waals surface area contributed by atoms with Gasteiger partial charge in [-0.1, -0.05) is 60.7 Å². The summed E-state index contributed by atoms with van der Waals surface area (Å²) in [6.07, 6.45) is 3.03. The lowest BCUT2D eigenvalue weighted by Crippen LogP contribution is -2.59. The Bertz CT molecular complexity index is 820. The fourth-order valence-electron chi connectivity index (χ4n) is 5.98. The highest BCUT2D eigenvalue weighted by atomic mass is 16.6. The van der Waals surface area contributed by atoms with E-state index in [2.05, 4.69) is 14.1 Å². The van der Waals surface area contributed by atoms with Gasteiger partial charge in [0, 0.05) is 24.7 Å². The maximum absolute atomic E-state index is 13.3. The van der Waals surface area contributed by atoms with Crippen LogP contribution in [0.15, 0.2) is 60.7 Å². The second kappa shape index (κ2) is 6.16. The number of aliphatic hydroxyl groups is 1. The molecular formula is C24H28NO3+.